The number of hydrogen-bond acceptors (Lipinski definition) is 2. The Balaban J connectivity index is 2.31. The summed E-state index contributed by atoms with van der Waals surface area (Å²) in [7, 11) is 0. The molecule has 0 N–H and O–H groups in total. The first kappa shape index (κ1) is 10.3. The zero-order valence-electron chi connectivity index (χ0n) is 7.82. The lowest BCUT2D eigenvalue weighted by Crippen LogP contribution is -1.90. The first-order valence-corrected chi connectivity index (χ1v) is 5.51. The molecule has 0 amide bonds. The molecule has 0 unspecified atom stereocenters. The van der Waals surface area contributed by atoms with Gasteiger partial charge in [0.1, 0.15) is 0 Å². The number of carbonyl (C=O) groups excluding carboxylic acids is 1. The van der Waals surface area contributed by atoms with Gasteiger partial charge in [-0.3, -0.25) is 4.79 Å². The Morgan fingerprint density at radius 1 is 1.31 bits per heavy atom. The number of carbonyl (C=O) groups is 1. The van der Waals surface area contributed by atoms with Crippen molar-refractivity contribution in [1.82, 2.24) is 0 Å². The zero-order chi connectivity index (χ0) is 9.52. The quantitative estimate of drug-likeness (QED) is 0.732. The number of thioether (sulfide) groups is 1. The molecule has 70 valence electrons. The van der Waals surface area contributed by atoms with E-state index >= 15 is 0 Å². The van der Waals surface area contributed by atoms with Gasteiger partial charge in [-0.15, -0.1) is 0 Å². The minimum Gasteiger partial charge on any atom is -0.287 e. The molecule has 1 rings (SSSR count). The minimum atomic E-state index is 0.298. The van der Waals surface area contributed by atoms with E-state index in [1.165, 1.54) is 17.3 Å². The number of rotatable bonds is 4. The first-order valence-electron chi connectivity index (χ1n) is 4.52. The van der Waals surface area contributed by atoms with Crippen LogP contribution in [-0.2, 0) is 10.5 Å². The van der Waals surface area contributed by atoms with Gasteiger partial charge in [0.05, 0.1) is 0 Å². The Labute approximate surface area is 83.5 Å². The third-order valence-electron chi connectivity index (χ3n) is 1.70. The topological polar surface area (TPSA) is 17.1 Å². The maximum atomic E-state index is 11.2. The summed E-state index contributed by atoms with van der Waals surface area (Å²) in [5, 5.41) is 0.298. The molecule has 0 saturated heterocycles. The van der Waals surface area contributed by atoms with Gasteiger partial charge in [-0.05, 0) is 12.0 Å². The molecule has 0 fully saturated rings. The van der Waals surface area contributed by atoms with Crippen LogP contribution in [0.25, 0.3) is 0 Å². The van der Waals surface area contributed by atoms with Crippen molar-refractivity contribution in [3.05, 3.63) is 35.9 Å². The van der Waals surface area contributed by atoms with E-state index in [2.05, 4.69) is 0 Å². The van der Waals surface area contributed by atoms with Gasteiger partial charge in [0, 0.05) is 12.2 Å². The maximum Gasteiger partial charge on any atom is 0.189 e. The van der Waals surface area contributed by atoms with Crippen molar-refractivity contribution in [3.63, 3.8) is 0 Å². The number of benzene rings is 1. The van der Waals surface area contributed by atoms with Crippen LogP contribution >= 0.6 is 11.8 Å². The fraction of sp³-hybridized carbons (Fsp3) is 0.364. The predicted molar refractivity (Wildman–Crippen MR) is 57.7 cm³/mol. The molecule has 1 nitrogen and oxygen atoms in total. The molecule has 0 radical (unpaired) electrons. The van der Waals surface area contributed by atoms with Crippen molar-refractivity contribution in [2.75, 3.05) is 0 Å². The van der Waals surface area contributed by atoms with Gasteiger partial charge >= 0.3 is 0 Å². The van der Waals surface area contributed by atoms with Crippen LogP contribution in [0.15, 0.2) is 30.3 Å². The van der Waals surface area contributed by atoms with E-state index in [4.69, 9.17) is 0 Å². The van der Waals surface area contributed by atoms with Gasteiger partial charge in [0.2, 0.25) is 0 Å². The predicted octanol–water partition coefficient (Wildman–Crippen LogP) is 3.25. The molecule has 0 atom stereocenters. The molecule has 0 spiro atoms. The monoisotopic (exact) mass is 194 g/mol. The van der Waals surface area contributed by atoms with Gasteiger partial charge < -0.3 is 0 Å². The normalized spacial score (nSPS) is 9.92. The van der Waals surface area contributed by atoms with Crippen LogP contribution in [0.5, 0.6) is 0 Å². The Hall–Kier alpha value is -0.760. The van der Waals surface area contributed by atoms with Crippen LogP contribution in [0.1, 0.15) is 25.3 Å². The lowest BCUT2D eigenvalue weighted by Gasteiger charge is -1.98. The summed E-state index contributed by atoms with van der Waals surface area (Å²) in [6.07, 6.45) is 1.64. The molecule has 1 aromatic carbocycles. The van der Waals surface area contributed by atoms with Crippen molar-refractivity contribution >= 4 is 16.9 Å². The van der Waals surface area contributed by atoms with Crippen molar-refractivity contribution < 1.29 is 4.79 Å². The average Bonchev–Trinajstić information content (AvgIpc) is 2.17. The molecule has 0 saturated carbocycles. The standard InChI is InChI=1S/C11H14OS/c1-2-6-11(12)13-9-10-7-4-3-5-8-10/h3-5,7-8H,2,6,9H2,1H3. The SMILES string of the molecule is CCCC(=O)SCc1ccccc1. The smallest absolute Gasteiger partial charge is 0.189 e. The Kier molecular flexibility index (Phi) is 4.61. The fourth-order valence-electron chi connectivity index (χ4n) is 1.01. The second-order valence-corrected chi connectivity index (χ2v) is 3.93. The van der Waals surface area contributed by atoms with E-state index in [0.29, 0.717) is 11.5 Å². The molecule has 0 aromatic heterocycles. The Bertz CT molecular complexity index is 256. The van der Waals surface area contributed by atoms with Crippen molar-refractivity contribution in [2.45, 2.75) is 25.5 Å². The Morgan fingerprint density at radius 3 is 2.62 bits per heavy atom. The summed E-state index contributed by atoms with van der Waals surface area (Å²) in [6, 6.07) is 10.1. The highest BCUT2D eigenvalue weighted by Crippen LogP contribution is 2.14. The zero-order valence-corrected chi connectivity index (χ0v) is 8.64. The van der Waals surface area contributed by atoms with E-state index in [1.54, 1.807) is 0 Å². The minimum absolute atomic E-state index is 0.298. The van der Waals surface area contributed by atoms with Crippen LogP contribution in [0.4, 0.5) is 0 Å². The van der Waals surface area contributed by atoms with E-state index < -0.39 is 0 Å². The molecular formula is C11H14OS. The van der Waals surface area contributed by atoms with Crippen LogP contribution in [-0.4, -0.2) is 5.12 Å². The van der Waals surface area contributed by atoms with Gasteiger partial charge in [-0.25, -0.2) is 0 Å². The highest BCUT2D eigenvalue weighted by Gasteiger charge is 2.00. The molecule has 0 aliphatic rings. The summed E-state index contributed by atoms with van der Waals surface area (Å²) in [5.41, 5.74) is 1.22. The molecule has 13 heavy (non-hydrogen) atoms. The highest BCUT2D eigenvalue weighted by atomic mass is 32.2. The van der Waals surface area contributed by atoms with Gasteiger partial charge in [0.15, 0.2) is 5.12 Å². The molecule has 0 aliphatic heterocycles. The van der Waals surface area contributed by atoms with Crippen molar-refractivity contribution in [3.8, 4) is 0 Å². The van der Waals surface area contributed by atoms with Crippen LogP contribution in [0.3, 0.4) is 0 Å². The Morgan fingerprint density at radius 2 is 2.00 bits per heavy atom. The molecule has 1 aromatic rings. The summed E-state index contributed by atoms with van der Waals surface area (Å²) < 4.78 is 0. The summed E-state index contributed by atoms with van der Waals surface area (Å²) in [4.78, 5) is 11.2. The largest absolute Gasteiger partial charge is 0.287 e. The third-order valence-corrected chi connectivity index (χ3v) is 2.70. The van der Waals surface area contributed by atoms with E-state index in [-0.39, 0.29) is 0 Å². The third kappa shape index (κ3) is 4.13. The summed E-state index contributed by atoms with van der Waals surface area (Å²) >= 11 is 1.42. The first-order chi connectivity index (χ1) is 6.33. The van der Waals surface area contributed by atoms with Crippen LogP contribution < -0.4 is 0 Å². The molecular weight excluding hydrogens is 180 g/mol. The van der Waals surface area contributed by atoms with Crippen molar-refractivity contribution in [2.24, 2.45) is 0 Å². The molecule has 2 heteroatoms. The lowest BCUT2D eigenvalue weighted by atomic mass is 10.2. The molecule has 0 aliphatic carbocycles. The van der Waals surface area contributed by atoms with E-state index in [0.717, 1.165) is 12.2 Å². The van der Waals surface area contributed by atoms with E-state index in [9.17, 15) is 4.79 Å². The second kappa shape index (κ2) is 5.81. The lowest BCUT2D eigenvalue weighted by molar-refractivity contribution is -0.111. The van der Waals surface area contributed by atoms with Gasteiger partial charge in [-0.2, -0.15) is 0 Å². The van der Waals surface area contributed by atoms with Crippen LogP contribution in [0.2, 0.25) is 0 Å². The summed E-state index contributed by atoms with van der Waals surface area (Å²) in [5.74, 6) is 0.805. The summed E-state index contributed by atoms with van der Waals surface area (Å²) in [6.45, 7) is 2.03. The molecule has 0 heterocycles. The van der Waals surface area contributed by atoms with E-state index in [1.807, 2.05) is 37.3 Å². The molecule has 0 bridgehead atoms. The average molecular weight is 194 g/mol. The van der Waals surface area contributed by atoms with Crippen molar-refractivity contribution in [1.29, 1.82) is 0 Å². The number of hydrogen-bond donors (Lipinski definition) is 0. The fourth-order valence-corrected chi connectivity index (χ4v) is 1.88. The van der Waals surface area contributed by atoms with Crippen LogP contribution in [0, 0.1) is 0 Å². The van der Waals surface area contributed by atoms with Gasteiger partial charge in [-0.1, -0.05) is 49.0 Å². The van der Waals surface area contributed by atoms with Gasteiger partial charge in [0.25, 0.3) is 0 Å². The second-order valence-electron chi connectivity index (χ2n) is 2.90. The maximum absolute atomic E-state index is 11.2. The highest BCUT2D eigenvalue weighted by molar-refractivity contribution is 8.12.